The van der Waals surface area contributed by atoms with Gasteiger partial charge in [0.15, 0.2) is 0 Å². The largest absolute Gasteiger partial charge is 0.360 e. The SMILES string of the molecule is CC(C)(C)CCC(Br)CCCCCCCCOCN1CCC=N1. The lowest BCUT2D eigenvalue weighted by molar-refractivity contribution is 0.0343. The van der Waals surface area contributed by atoms with Crippen LogP contribution in [0.2, 0.25) is 0 Å². The second-order valence-corrected chi connectivity index (χ2v) is 9.26. The average molecular weight is 389 g/mol. The lowest BCUT2D eigenvalue weighted by atomic mass is 9.89. The summed E-state index contributed by atoms with van der Waals surface area (Å²) in [5.41, 5.74) is 0.467. The summed E-state index contributed by atoms with van der Waals surface area (Å²) in [7, 11) is 0. The number of hydrogen-bond donors (Lipinski definition) is 0. The zero-order valence-electron chi connectivity index (χ0n) is 15.5. The fraction of sp³-hybridized carbons (Fsp3) is 0.947. The highest BCUT2D eigenvalue weighted by molar-refractivity contribution is 9.09. The van der Waals surface area contributed by atoms with Crippen LogP contribution in [0.4, 0.5) is 0 Å². The Morgan fingerprint density at radius 3 is 2.43 bits per heavy atom. The van der Waals surface area contributed by atoms with Gasteiger partial charge in [-0.2, -0.15) is 5.10 Å². The van der Waals surface area contributed by atoms with E-state index in [1.165, 1.54) is 57.8 Å². The van der Waals surface area contributed by atoms with Gasteiger partial charge in [0, 0.05) is 30.6 Å². The molecule has 1 aliphatic rings. The molecule has 0 radical (unpaired) electrons. The van der Waals surface area contributed by atoms with E-state index in [0.717, 1.165) is 19.6 Å². The lowest BCUT2D eigenvalue weighted by Crippen LogP contribution is -2.18. The molecule has 0 saturated heterocycles. The van der Waals surface area contributed by atoms with Crippen LogP contribution in [0.5, 0.6) is 0 Å². The minimum atomic E-state index is 0.467. The minimum Gasteiger partial charge on any atom is -0.360 e. The van der Waals surface area contributed by atoms with E-state index < -0.39 is 0 Å². The highest BCUT2D eigenvalue weighted by atomic mass is 79.9. The van der Waals surface area contributed by atoms with Crippen LogP contribution in [0, 0.1) is 5.41 Å². The number of halogens is 1. The molecule has 1 heterocycles. The van der Waals surface area contributed by atoms with E-state index in [-0.39, 0.29) is 0 Å². The molecule has 3 nitrogen and oxygen atoms in total. The molecular weight excluding hydrogens is 352 g/mol. The Labute approximate surface area is 152 Å². The van der Waals surface area contributed by atoms with Gasteiger partial charge in [0.2, 0.25) is 0 Å². The molecule has 4 heteroatoms. The van der Waals surface area contributed by atoms with Crippen LogP contribution in [-0.2, 0) is 4.74 Å². The highest BCUT2D eigenvalue weighted by Crippen LogP contribution is 2.26. The summed E-state index contributed by atoms with van der Waals surface area (Å²) in [5.74, 6) is 0. The third-order valence-corrected chi connectivity index (χ3v) is 5.18. The van der Waals surface area contributed by atoms with E-state index >= 15 is 0 Å². The van der Waals surface area contributed by atoms with Crippen molar-refractivity contribution in [1.82, 2.24) is 5.01 Å². The van der Waals surface area contributed by atoms with E-state index in [0.29, 0.717) is 17.0 Å². The number of unbranched alkanes of at least 4 members (excludes halogenated alkanes) is 5. The van der Waals surface area contributed by atoms with Crippen molar-refractivity contribution in [2.45, 2.75) is 89.8 Å². The molecule has 1 rings (SSSR count). The van der Waals surface area contributed by atoms with Gasteiger partial charge in [0.25, 0.3) is 0 Å². The Kier molecular flexibility index (Phi) is 11.2. The van der Waals surface area contributed by atoms with Gasteiger partial charge in [-0.05, 0) is 31.1 Å². The number of hydrogen-bond acceptors (Lipinski definition) is 3. The van der Waals surface area contributed by atoms with Crippen molar-refractivity contribution >= 4 is 22.1 Å². The van der Waals surface area contributed by atoms with Crippen LogP contribution >= 0.6 is 15.9 Å². The van der Waals surface area contributed by atoms with Gasteiger partial charge >= 0.3 is 0 Å². The number of rotatable bonds is 13. The zero-order valence-corrected chi connectivity index (χ0v) is 17.1. The summed E-state index contributed by atoms with van der Waals surface area (Å²) in [6.45, 7) is 9.54. The quantitative estimate of drug-likeness (QED) is 0.286. The molecule has 1 unspecified atom stereocenters. The third-order valence-electron chi connectivity index (χ3n) is 4.27. The standard InChI is InChI=1S/C19H37BrN2O/c1-19(2,3)13-12-18(20)11-8-6-4-5-7-9-16-23-17-22-15-10-14-21-22/h14,18H,4-13,15-17H2,1-3H3. The summed E-state index contributed by atoms with van der Waals surface area (Å²) in [6.07, 6.45) is 14.9. The minimum absolute atomic E-state index is 0.467. The Morgan fingerprint density at radius 2 is 1.78 bits per heavy atom. The monoisotopic (exact) mass is 388 g/mol. The molecule has 0 aromatic heterocycles. The van der Waals surface area contributed by atoms with Gasteiger partial charge < -0.3 is 4.74 Å². The van der Waals surface area contributed by atoms with Gasteiger partial charge in [0.05, 0.1) is 0 Å². The fourth-order valence-electron chi connectivity index (χ4n) is 2.72. The average Bonchev–Trinajstić information content (AvgIpc) is 2.99. The molecule has 0 aromatic carbocycles. The van der Waals surface area contributed by atoms with Gasteiger partial charge in [-0.25, -0.2) is 0 Å². The Bertz CT molecular complexity index is 315. The normalized spacial score (nSPS) is 16.3. The number of alkyl halides is 1. The van der Waals surface area contributed by atoms with Crippen LogP contribution in [0.25, 0.3) is 0 Å². The van der Waals surface area contributed by atoms with Crippen molar-refractivity contribution in [3.63, 3.8) is 0 Å². The lowest BCUT2D eigenvalue weighted by Gasteiger charge is -2.20. The molecular formula is C19H37BrN2O. The van der Waals surface area contributed by atoms with Crippen molar-refractivity contribution in [2.75, 3.05) is 19.9 Å². The van der Waals surface area contributed by atoms with Crippen molar-refractivity contribution in [1.29, 1.82) is 0 Å². The highest BCUT2D eigenvalue weighted by Gasteiger charge is 2.13. The molecule has 1 aliphatic heterocycles. The summed E-state index contributed by atoms with van der Waals surface area (Å²) < 4.78 is 5.64. The van der Waals surface area contributed by atoms with E-state index in [1.54, 1.807) is 0 Å². The van der Waals surface area contributed by atoms with Crippen molar-refractivity contribution in [3.8, 4) is 0 Å². The Morgan fingerprint density at radius 1 is 1.09 bits per heavy atom. The second-order valence-electron chi connectivity index (χ2n) is 7.96. The van der Waals surface area contributed by atoms with E-state index in [4.69, 9.17) is 4.74 Å². The topological polar surface area (TPSA) is 24.8 Å². The summed E-state index contributed by atoms with van der Waals surface area (Å²) in [5, 5.41) is 6.22. The zero-order chi connectivity index (χ0) is 17.0. The van der Waals surface area contributed by atoms with Crippen molar-refractivity contribution in [3.05, 3.63) is 0 Å². The molecule has 0 aliphatic carbocycles. The molecule has 0 bridgehead atoms. The molecule has 136 valence electrons. The van der Waals surface area contributed by atoms with Crippen LogP contribution in [0.1, 0.15) is 85.0 Å². The molecule has 0 fully saturated rings. The molecule has 0 aromatic rings. The van der Waals surface area contributed by atoms with Gasteiger partial charge in [-0.15, -0.1) is 0 Å². The first-order valence-electron chi connectivity index (χ1n) is 9.46. The smallest absolute Gasteiger partial charge is 0.134 e. The van der Waals surface area contributed by atoms with Crippen molar-refractivity contribution < 1.29 is 4.74 Å². The first kappa shape index (κ1) is 21.0. The Balaban J connectivity index is 1.78. The molecule has 0 amide bonds. The maximum Gasteiger partial charge on any atom is 0.134 e. The predicted molar refractivity (Wildman–Crippen MR) is 104 cm³/mol. The van der Waals surface area contributed by atoms with Crippen LogP contribution in [-0.4, -0.2) is 35.9 Å². The number of nitrogens with zero attached hydrogens (tertiary/aromatic N) is 2. The molecule has 0 spiro atoms. The van der Waals surface area contributed by atoms with Gasteiger partial charge in [0.1, 0.15) is 6.73 Å². The van der Waals surface area contributed by atoms with E-state index in [2.05, 4.69) is 41.8 Å². The summed E-state index contributed by atoms with van der Waals surface area (Å²) in [6, 6.07) is 0. The van der Waals surface area contributed by atoms with Crippen LogP contribution < -0.4 is 0 Å². The number of hydrazone groups is 1. The van der Waals surface area contributed by atoms with Gasteiger partial charge in [-0.3, -0.25) is 5.01 Å². The Hall–Kier alpha value is -0.0900. The second kappa shape index (κ2) is 12.3. The first-order chi connectivity index (χ1) is 11.0. The maximum atomic E-state index is 5.64. The van der Waals surface area contributed by atoms with Crippen molar-refractivity contribution in [2.24, 2.45) is 10.5 Å². The molecule has 1 atom stereocenters. The van der Waals surface area contributed by atoms with Crippen LogP contribution in [0.15, 0.2) is 5.10 Å². The molecule has 0 N–H and O–H groups in total. The van der Waals surface area contributed by atoms with E-state index in [9.17, 15) is 0 Å². The molecule has 23 heavy (non-hydrogen) atoms. The van der Waals surface area contributed by atoms with E-state index in [1.807, 2.05) is 11.2 Å². The summed E-state index contributed by atoms with van der Waals surface area (Å²) >= 11 is 3.84. The third kappa shape index (κ3) is 12.9. The predicted octanol–water partition coefficient (Wildman–Crippen LogP) is 5.97. The maximum absolute atomic E-state index is 5.64. The van der Waals surface area contributed by atoms with Gasteiger partial charge in [-0.1, -0.05) is 68.8 Å². The fourth-order valence-corrected chi connectivity index (χ4v) is 3.27. The van der Waals surface area contributed by atoms with Crippen LogP contribution in [0.3, 0.4) is 0 Å². The summed E-state index contributed by atoms with van der Waals surface area (Å²) in [4.78, 5) is 0.711. The first-order valence-corrected chi connectivity index (χ1v) is 10.4. The molecule has 0 saturated carbocycles. The number of ether oxygens (including phenoxy) is 1.